The highest BCUT2D eigenvalue weighted by atomic mass is 32.1. The van der Waals surface area contributed by atoms with E-state index < -0.39 is 0 Å². The maximum absolute atomic E-state index is 12.6. The average molecular weight is 329 g/mol. The number of nitrogens with zero attached hydrogens (tertiary/aromatic N) is 3. The van der Waals surface area contributed by atoms with Crippen LogP contribution in [0.25, 0.3) is 0 Å². The molecular formula is C18H23N3OS. The van der Waals surface area contributed by atoms with Crippen molar-refractivity contribution in [3.63, 3.8) is 0 Å². The molecule has 1 fully saturated rings. The third kappa shape index (κ3) is 3.98. The van der Waals surface area contributed by atoms with Crippen LogP contribution >= 0.6 is 11.3 Å². The van der Waals surface area contributed by atoms with Crippen LogP contribution in [0.3, 0.4) is 0 Å². The summed E-state index contributed by atoms with van der Waals surface area (Å²) in [5.41, 5.74) is 1.81. The largest absolute Gasteiger partial charge is 0.337 e. The topological polar surface area (TPSA) is 36.4 Å². The molecule has 0 N–H and O–H groups in total. The highest BCUT2D eigenvalue weighted by Gasteiger charge is 2.25. The molecule has 1 aliphatic rings. The van der Waals surface area contributed by atoms with Gasteiger partial charge in [-0.1, -0.05) is 30.3 Å². The van der Waals surface area contributed by atoms with Gasteiger partial charge in [0.15, 0.2) is 0 Å². The molecule has 1 aliphatic heterocycles. The van der Waals surface area contributed by atoms with Crippen LogP contribution in [0.15, 0.2) is 35.7 Å². The first-order chi connectivity index (χ1) is 11.1. The number of thiazole rings is 1. The zero-order chi connectivity index (χ0) is 16.2. The van der Waals surface area contributed by atoms with Crippen LogP contribution in [0.4, 0.5) is 0 Å². The van der Waals surface area contributed by atoms with Gasteiger partial charge < -0.3 is 9.80 Å². The van der Waals surface area contributed by atoms with Gasteiger partial charge in [0.25, 0.3) is 5.91 Å². The Balaban J connectivity index is 1.64. The molecule has 5 heteroatoms. The van der Waals surface area contributed by atoms with Gasteiger partial charge in [-0.2, -0.15) is 0 Å². The molecule has 2 heterocycles. The van der Waals surface area contributed by atoms with E-state index in [4.69, 9.17) is 0 Å². The first-order valence-electron chi connectivity index (χ1n) is 8.07. The number of piperidine rings is 1. The number of hydrogen-bond acceptors (Lipinski definition) is 4. The number of aromatic nitrogens is 1. The Hall–Kier alpha value is -1.72. The average Bonchev–Trinajstić information content (AvgIpc) is 3.03. The molecular weight excluding hydrogens is 306 g/mol. The quantitative estimate of drug-likeness (QED) is 0.865. The first kappa shape index (κ1) is 16.1. The first-order valence-corrected chi connectivity index (χ1v) is 8.95. The maximum Gasteiger partial charge on any atom is 0.273 e. The summed E-state index contributed by atoms with van der Waals surface area (Å²) in [5, 5.41) is 2.89. The van der Waals surface area contributed by atoms with Gasteiger partial charge in [-0.05, 0) is 38.5 Å². The summed E-state index contributed by atoms with van der Waals surface area (Å²) in [6.45, 7) is 2.11. The summed E-state index contributed by atoms with van der Waals surface area (Å²) in [7, 11) is 4.04. The Morgan fingerprint density at radius 1 is 1.30 bits per heavy atom. The van der Waals surface area contributed by atoms with E-state index in [1.165, 1.54) is 5.56 Å². The zero-order valence-electron chi connectivity index (χ0n) is 13.7. The van der Waals surface area contributed by atoms with Crippen LogP contribution in [0.1, 0.15) is 33.9 Å². The van der Waals surface area contributed by atoms with Gasteiger partial charge >= 0.3 is 0 Å². The van der Waals surface area contributed by atoms with E-state index in [-0.39, 0.29) is 5.91 Å². The molecule has 2 aromatic rings. The van der Waals surface area contributed by atoms with Crippen molar-refractivity contribution in [2.24, 2.45) is 0 Å². The second-order valence-corrected chi connectivity index (χ2v) is 7.18. The summed E-state index contributed by atoms with van der Waals surface area (Å²) in [6, 6.07) is 10.6. The Kier molecular flexibility index (Phi) is 5.08. The van der Waals surface area contributed by atoms with Crippen molar-refractivity contribution >= 4 is 17.2 Å². The fourth-order valence-corrected chi connectivity index (χ4v) is 3.79. The van der Waals surface area contributed by atoms with Crippen molar-refractivity contribution < 1.29 is 4.79 Å². The fraction of sp³-hybridized carbons (Fsp3) is 0.444. The lowest BCUT2D eigenvalue weighted by Crippen LogP contribution is -2.44. The third-order valence-corrected chi connectivity index (χ3v) is 5.37. The molecule has 0 radical (unpaired) electrons. The number of amides is 1. The van der Waals surface area contributed by atoms with E-state index in [1.807, 2.05) is 35.5 Å². The zero-order valence-corrected chi connectivity index (χ0v) is 14.6. The van der Waals surface area contributed by atoms with Gasteiger partial charge in [0.05, 0.1) is 5.01 Å². The second-order valence-electron chi connectivity index (χ2n) is 6.24. The molecule has 122 valence electrons. The van der Waals surface area contributed by atoms with Gasteiger partial charge in [-0.15, -0.1) is 11.3 Å². The molecule has 0 atom stereocenters. The van der Waals surface area contributed by atoms with E-state index in [0.29, 0.717) is 11.7 Å². The molecule has 23 heavy (non-hydrogen) atoms. The van der Waals surface area contributed by atoms with Gasteiger partial charge in [0.2, 0.25) is 0 Å². The molecule has 3 rings (SSSR count). The van der Waals surface area contributed by atoms with E-state index >= 15 is 0 Å². The molecule has 0 bridgehead atoms. The van der Waals surface area contributed by atoms with Crippen LogP contribution < -0.4 is 0 Å². The van der Waals surface area contributed by atoms with E-state index in [9.17, 15) is 4.79 Å². The smallest absolute Gasteiger partial charge is 0.273 e. The summed E-state index contributed by atoms with van der Waals surface area (Å²) >= 11 is 1.57. The number of likely N-dealkylation sites (tertiary alicyclic amines) is 1. The van der Waals surface area contributed by atoms with Crippen LogP contribution in [-0.4, -0.2) is 53.9 Å². The molecule has 0 saturated carbocycles. The summed E-state index contributed by atoms with van der Waals surface area (Å²) in [4.78, 5) is 21.4. The summed E-state index contributed by atoms with van der Waals surface area (Å²) < 4.78 is 0. The maximum atomic E-state index is 12.6. The van der Waals surface area contributed by atoms with Gasteiger partial charge in [-0.3, -0.25) is 4.79 Å². The number of carbonyl (C=O) groups is 1. The van der Waals surface area contributed by atoms with E-state index in [1.54, 1.807) is 11.3 Å². The van der Waals surface area contributed by atoms with Crippen molar-refractivity contribution in [3.05, 3.63) is 52.0 Å². The fourth-order valence-electron chi connectivity index (χ4n) is 2.99. The molecule has 1 aromatic carbocycles. The second kappa shape index (κ2) is 7.23. The number of carbonyl (C=O) groups excluding carboxylic acids is 1. The van der Waals surface area contributed by atoms with Crippen LogP contribution in [0.5, 0.6) is 0 Å². The normalized spacial score (nSPS) is 16.4. The van der Waals surface area contributed by atoms with E-state index in [2.05, 4.69) is 29.1 Å². The summed E-state index contributed by atoms with van der Waals surface area (Å²) in [6.07, 6.45) is 2.87. The van der Waals surface area contributed by atoms with Crippen LogP contribution in [-0.2, 0) is 6.42 Å². The minimum absolute atomic E-state index is 0.0510. The van der Waals surface area contributed by atoms with Crippen LogP contribution in [0.2, 0.25) is 0 Å². The molecule has 0 unspecified atom stereocenters. The minimum Gasteiger partial charge on any atom is -0.337 e. The molecule has 1 aromatic heterocycles. The van der Waals surface area contributed by atoms with Crippen molar-refractivity contribution in [2.75, 3.05) is 27.2 Å². The molecule has 0 spiro atoms. The number of benzene rings is 1. The van der Waals surface area contributed by atoms with Gasteiger partial charge in [0, 0.05) is 24.9 Å². The number of hydrogen-bond donors (Lipinski definition) is 0. The van der Waals surface area contributed by atoms with Crippen molar-refractivity contribution in [2.45, 2.75) is 25.3 Å². The highest BCUT2D eigenvalue weighted by Crippen LogP contribution is 2.19. The van der Waals surface area contributed by atoms with Gasteiger partial charge in [-0.25, -0.2) is 4.98 Å². The monoisotopic (exact) mass is 329 g/mol. The van der Waals surface area contributed by atoms with Crippen LogP contribution in [0, 0.1) is 0 Å². The van der Waals surface area contributed by atoms with Crippen molar-refractivity contribution in [1.29, 1.82) is 0 Å². The predicted molar refractivity (Wildman–Crippen MR) is 94.0 cm³/mol. The molecule has 4 nitrogen and oxygen atoms in total. The number of rotatable bonds is 4. The molecule has 1 saturated heterocycles. The highest BCUT2D eigenvalue weighted by molar-refractivity contribution is 7.09. The lowest BCUT2D eigenvalue weighted by atomic mass is 10.0. The Bertz CT molecular complexity index is 647. The third-order valence-electron chi connectivity index (χ3n) is 4.53. The van der Waals surface area contributed by atoms with Gasteiger partial charge in [0.1, 0.15) is 5.69 Å². The molecule has 0 aliphatic carbocycles. The van der Waals surface area contributed by atoms with E-state index in [0.717, 1.165) is 37.4 Å². The minimum atomic E-state index is 0.0510. The standard InChI is InChI=1S/C18H23N3OS/c1-20-10-8-15(9-11-20)21(2)18(22)16-13-23-17(19-16)12-14-6-4-3-5-7-14/h3-7,13,15H,8-12H2,1-2H3. The predicted octanol–water partition coefficient (Wildman–Crippen LogP) is 2.90. The lowest BCUT2D eigenvalue weighted by molar-refractivity contribution is 0.0654. The molecule has 1 amide bonds. The SMILES string of the molecule is CN1CCC(N(C)C(=O)c2csc(Cc3ccccc3)n2)CC1. The lowest BCUT2D eigenvalue weighted by Gasteiger charge is -2.34. The van der Waals surface area contributed by atoms with Crippen molar-refractivity contribution in [1.82, 2.24) is 14.8 Å². The Morgan fingerprint density at radius 3 is 2.70 bits per heavy atom. The van der Waals surface area contributed by atoms with Crippen molar-refractivity contribution in [3.8, 4) is 0 Å². The Labute approximate surface area is 141 Å². The Morgan fingerprint density at radius 2 is 2.00 bits per heavy atom. The summed E-state index contributed by atoms with van der Waals surface area (Å²) in [5.74, 6) is 0.0510.